The number of rotatable bonds is 3. The van der Waals surface area contributed by atoms with Crippen LogP contribution >= 0.6 is 12.4 Å². The molecular formula is C23H28ClN3O2. The van der Waals surface area contributed by atoms with Gasteiger partial charge < -0.3 is 15.5 Å². The second kappa shape index (κ2) is 9.42. The summed E-state index contributed by atoms with van der Waals surface area (Å²) in [5.74, 6) is -0.102. The van der Waals surface area contributed by atoms with Crippen LogP contribution in [0.15, 0.2) is 54.6 Å². The van der Waals surface area contributed by atoms with E-state index in [-0.39, 0.29) is 24.2 Å². The molecule has 2 amide bonds. The summed E-state index contributed by atoms with van der Waals surface area (Å²) in [4.78, 5) is 27.2. The van der Waals surface area contributed by atoms with E-state index in [0.29, 0.717) is 16.5 Å². The third-order valence-electron chi connectivity index (χ3n) is 6.20. The number of nitrogens with one attached hydrogen (secondary N) is 2. The lowest BCUT2D eigenvalue weighted by Crippen LogP contribution is -2.47. The largest absolute Gasteiger partial charge is 0.339 e. The molecule has 0 bridgehead atoms. The van der Waals surface area contributed by atoms with Gasteiger partial charge >= 0.3 is 0 Å². The van der Waals surface area contributed by atoms with Gasteiger partial charge in [-0.25, -0.2) is 0 Å². The van der Waals surface area contributed by atoms with E-state index < -0.39 is 0 Å². The third-order valence-corrected chi connectivity index (χ3v) is 6.20. The monoisotopic (exact) mass is 413 g/mol. The molecule has 2 heterocycles. The Hall–Kier alpha value is -2.37. The van der Waals surface area contributed by atoms with Crippen molar-refractivity contribution in [3.8, 4) is 0 Å². The number of anilines is 1. The van der Waals surface area contributed by atoms with E-state index in [4.69, 9.17) is 0 Å². The summed E-state index contributed by atoms with van der Waals surface area (Å²) in [5.41, 5.74) is 2.39. The van der Waals surface area contributed by atoms with Crippen LogP contribution in [0.25, 0.3) is 0 Å². The van der Waals surface area contributed by atoms with Gasteiger partial charge in [0.05, 0.1) is 0 Å². The molecule has 6 heteroatoms. The highest BCUT2D eigenvalue weighted by molar-refractivity contribution is 6.05. The molecule has 2 saturated heterocycles. The predicted octanol–water partition coefficient (Wildman–Crippen LogP) is 3.97. The molecule has 2 N–H and O–H groups in total. The summed E-state index contributed by atoms with van der Waals surface area (Å²) in [6.07, 6.45) is 4.64. The molecule has 154 valence electrons. The maximum Gasteiger partial charge on any atom is 0.255 e. The van der Waals surface area contributed by atoms with Gasteiger partial charge in [0.25, 0.3) is 11.8 Å². The van der Waals surface area contributed by atoms with Crippen molar-refractivity contribution in [2.24, 2.45) is 5.41 Å². The van der Waals surface area contributed by atoms with E-state index in [2.05, 4.69) is 10.6 Å². The van der Waals surface area contributed by atoms with E-state index in [9.17, 15) is 9.59 Å². The zero-order chi connectivity index (χ0) is 19.4. The minimum atomic E-state index is -0.170. The molecule has 4 rings (SSSR count). The number of para-hydroxylation sites is 1. The minimum Gasteiger partial charge on any atom is -0.339 e. The molecule has 0 unspecified atom stereocenters. The molecule has 2 aromatic carbocycles. The maximum absolute atomic E-state index is 12.9. The van der Waals surface area contributed by atoms with Gasteiger partial charge in [-0.15, -0.1) is 12.4 Å². The molecule has 2 fully saturated rings. The van der Waals surface area contributed by atoms with Crippen LogP contribution in [-0.2, 0) is 0 Å². The average Bonchev–Trinajstić information content (AvgIpc) is 2.75. The first-order valence-corrected chi connectivity index (χ1v) is 10.1. The summed E-state index contributed by atoms with van der Waals surface area (Å²) >= 11 is 0. The maximum atomic E-state index is 12.9. The lowest BCUT2D eigenvalue weighted by Gasteiger charge is -2.44. The second-order valence-corrected chi connectivity index (χ2v) is 7.94. The van der Waals surface area contributed by atoms with Gasteiger partial charge in [-0.1, -0.05) is 18.2 Å². The Morgan fingerprint density at radius 1 is 0.828 bits per heavy atom. The summed E-state index contributed by atoms with van der Waals surface area (Å²) < 4.78 is 0. The number of amides is 2. The molecule has 5 nitrogen and oxygen atoms in total. The number of halogens is 1. The normalized spacial score (nSPS) is 18.0. The Kier molecular flexibility index (Phi) is 6.93. The van der Waals surface area contributed by atoms with Gasteiger partial charge in [0.15, 0.2) is 0 Å². The van der Waals surface area contributed by atoms with Crippen LogP contribution in [0.2, 0.25) is 0 Å². The van der Waals surface area contributed by atoms with Crippen molar-refractivity contribution in [1.29, 1.82) is 0 Å². The predicted molar refractivity (Wildman–Crippen MR) is 118 cm³/mol. The molecule has 1 spiro atoms. The molecule has 0 saturated carbocycles. The molecule has 2 aliphatic rings. The van der Waals surface area contributed by atoms with Crippen molar-refractivity contribution in [1.82, 2.24) is 10.2 Å². The van der Waals surface area contributed by atoms with Crippen molar-refractivity contribution in [2.75, 3.05) is 31.5 Å². The summed E-state index contributed by atoms with van der Waals surface area (Å²) in [6.45, 7) is 3.85. The van der Waals surface area contributed by atoms with Crippen LogP contribution in [0.1, 0.15) is 46.4 Å². The molecule has 2 aromatic rings. The molecule has 2 aliphatic heterocycles. The highest BCUT2D eigenvalue weighted by Gasteiger charge is 2.36. The number of carbonyl (C=O) groups excluding carboxylic acids is 2. The van der Waals surface area contributed by atoms with E-state index in [1.165, 1.54) is 12.8 Å². The van der Waals surface area contributed by atoms with Crippen LogP contribution in [0.5, 0.6) is 0 Å². The van der Waals surface area contributed by atoms with Crippen LogP contribution < -0.4 is 10.6 Å². The van der Waals surface area contributed by atoms with Gasteiger partial charge in [0.1, 0.15) is 0 Å². The minimum absolute atomic E-state index is 0. The van der Waals surface area contributed by atoms with E-state index >= 15 is 0 Å². The van der Waals surface area contributed by atoms with Crippen LogP contribution in [0.3, 0.4) is 0 Å². The molecule has 0 aliphatic carbocycles. The van der Waals surface area contributed by atoms with Crippen molar-refractivity contribution >= 4 is 29.9 Å². The average molecular weight is 414 g/mol. The van der Waals surface area contributed by atoms with Gasteiger partial charge in [-0.2, -0.15) is 0 Å². The van der Waals surface area contributed by atoms with Gasteiger partial charge in [0.2, 0.25) is 0 Å². The molecule has 29 heavy (non-hydrogen) atoms. The Labute approximate surface area is 178 Å². The molecule has 0 radical (unpaired) electrons. The number of likely N-dealkylation sites (tertiary alicyclic amines) is 1. The lowest BCUT2D eigenvalue weighted by molar-refractivity contribution is 0.0495. The Morgan fingerprint density at radius 3 is 2.03 bits per heavy atom. The van der Waals surface area contributed by atoms with Crippen molar-refractivity contribution in [2.45, 2.75) is 25.7 Å². The van der Waals surface area contributed by atoms with Gasteiger partial charge in [-0.05, 0) is 80.6 Å². The van der Waals surface area contributed by atoms with Crippen molar-refractivity contribution in [3.63, 3.8) is 0 Å². The van der Waals surface area contributed by atoms with E-state index in [1.54, 1.807) is 24.3 Å². The lowest BCUT2D eigenvalue weighted by atomic mass is 9.71. The number of hydrogen-bond donors (Lipinski definition) is 2. The zero-order valence-electron chi connectivity index (χ0n) is 16.5. The summed E-state index contributed by atoms with van der Waals surface area (Å²) in [6, 6.07) is 16.3. The fraction of sp³-hybridized carbons (Fsp3) is 0.391. The number of hydrogen-bond acceptors (Lipinski definition) is 3. The number of piperidine rings is 2. The summed E-state index contributed by atoms with van der Waals surface area (Å²) in [7, 11) is 0. The third kappa shape index (κ3) is 4.98. The fourth-order valence-electron chi connectivity index (χ4n) is 4.31. The first-order valence-electron chi connectivity index (χ1n) is 10.1. The molecule has 0 aromatic heterocycles. The van der Waals surface area contributed by atoms with Crippen LogP contribution in [0.4, 0.5) is 5.69 Å². The SMILES string of the molecule is Cl.O=C(Nc1ccccc1)c1ccc(C(=O)N2CCC3(CCNCC3)CC2)cc1. The van der Waals surface area contributed by atoms with Crippen LogP contribution in [-0.4, -0.2) is 42.9 Å². The van der Waals surface area contributed by atoms with Gasteiger partial charge in [-0.3, -0.25) is 9.59 Å². The standard InChI is InChI=1S/C23H27N3O2.ClH/c27-21(25-20-4-2-1-3-5-20)18-6-8-19(9-7-18)22(28)26-16-12-23(13-17-26)10-14-24-15-11-23;/h1-9,24H,10-17H2,(H,25,27);1H. The number of nitrogens with zero attached hydrogens (tertiary/aromatic N) is 1. The fourth-order valence-corrected chi connectivity index (χ4v) is 4.31. The van der Waals surface area contributed by atoms with Gasteiger partial charge in [0, 0.05) is 29.9 Å². The first-order chi connectivity index (χ1) is 13.7. The van der Waals surface area contributed by atoms with E-state index in [1.807, 2.05) is 35.2 Å². The first kappa shape index (κ1) is 21.3. The Balaban J connectivity index is 0.00000240. The number of carbonyl (C=O) groups is 2. The second-order valence-electron chi connectivity index (χ2n) is 7.94. The number of benzene rings is 2. The van der Waals surface area contributed by atoms with Crippen molar-refractivity contribution in [3.05, 3.63) is 65.7 Å². The molecular weight excluding hydrogens is 386 g/mol. The summed E-state index contributed by atoms with van der Waals surface area (Å²) in [5, 5.41) is 6.30. The highest BCUT2D eigenvalue weighted by atomic mass is 35.5. The van der Waals surface area contributed by atoms with E-state index in [0.717, 1.165) is 44.7 Å². The Bertz CT molecular complexity index is 823. The quantitative estimate of drug-likeness (QED) is 0.800. The van der Waals surface area contributed by atoms with Crippen LogP contribution in [0, 0.1) is 5.41 Å². The topological polar surface area (TPSA) is 61.4 Å². The molecule has 0 atom stereocenters. The Morgan fingerprint density at radius 2 is 1.41 bits per heavy atom. The smallest absolute Gasteiger partial charge is 0.255 e. The highest BCUT2D eigenvalue weighted by Crippen LogP contribution is 2.39. The van der Waals surface area contributed by atoms with Crippen molar-refractivity contribution < 1.29 is 9.59 Å². The zero-order valence-corrected chi connectivity index (χ0v) is 17.3.